The second kappa shape index (κ2) is 5.59. The molecule has 1 N–H and O–H groups in total. The van der Waals surface area contributed by atoms with Crippen molar-refractivity contribution >= 4 is 16.5 Å². The van der Waals surface area contributed by atoms with Crippen LogP contribution in [-0.2, 0) is 0 Å². The molecule has 1 radical (unpaired) electrons. The van der Waals surface area contributed by atoms with E-state index in [4.69, 9.17) is 5.11 Å². The van der Waals surface area contributed by atoms with Crippen LogP contribution in [0.1, 0.15) is 0 Å². The van der Waals surface area contributed by atoms with Crippen molar-refractivity contribution < 1.29 is 5.11 Å². The summed E-state index contributed by atoms with van der Waals surface area (Å²) in [5.74, 6) is 0. The second-order valence-corrected chi connectivity index (χ2v) is 4.97. The van der Waals surface area contributed by atoms with Gasteiger partial charge in [0.05, 0.1) is 6.61 Å². The van der Waals surface area contributed by atoms with E-state index in [-0.39, 0.29) is 0 Å². The van der Waals surface area contributed by atoms with Gasteiger partial charge in [-0.2, -0.15) is 0 Å². The van der Waals surface area contributed by atoms with E-state index in [1.165, 1.54) is 23.1 Å². The highest BCUT2D eigenvalue weighted by Gasteiger charge is 2.17. The van der Waals surface area contributed by atoms with Crippen LogP contribution in [-0.4, -0.2) is 42.7 Å². The van der Waals surface area contributed by atoms with Crippen molar-refractivity contribution in [1.82, 2.24) is 4.90 Å². The summed E-state index contributed by atoms with van der Waals surface area (Å²) >= 11 is 0. The average Bonchev–Trinajstić information content (AvgIpc) is 2.48. The SMILES string of the molecule is O[CH]CN1CCN(c2cccc3ccccc23)CC1. The van der Waals surface area contributed by atoms with Gasteiger partial charge in [-0.25, -0.2) is 0 Å². The highest BCUT2D eigenvalue weighted by atomic mass is 16.3. The molecule has 99 valence electrons. The number of anilines is 1. The number of rotatable bonds is 3. The van der Waals surface area contributed by atoms with Crippen molar-refractivity contribution in [3.05, 3.63) is 49.1 Å². The molecule has 3 nitrogen and oxygen atoms in total. The van der Waals surface area contributed by atoms with Crippen LogP contribution in [0.3, 0.4) is 0 Å². The Morgan fingerprint density at radius 3 is 2.47 bits per heavy atom. The third kappa shape index (κ3) is 2.57. The van der Waals surface area contributed by atoms with Gasteiger partial charge in [-0.05, 0) is 11.5 Å². The zero-order valence-corrected chi connectivity index (χ0v) is 11.0. The van der Waals surface area contributed by atoms with Gasteiger partial charge in [0.15, 0.2) is 0 Å². The number of fused-ring (bicyclic) bond motifs is 1. The molecule has 19 heavy (non-hydrogen) atoms. The van der Waals surface area contributed by atoms with Crippen LogP contribution in [0.25, 0.3) is 10.8 Å². The van der Waals surface area contributed by atoms with Gasteiger partial charge in [-0.3, -0.25) is 4.90 Å². The van der Waals surface area contributed by atoms with Gasteiger partial charge in [0, 0.05) is 43.8 Å². The summed E-state index contributed by atoms with van der Waals surface area (Å²) in [6, 6.07) is 15.0. The molecule has 1 aliphatic rings. The van der Waals surface area contributed by atoms with Crippen LogP contribution >= 0.6 is 0 Å². The first-order valence-electron chi connectivity index (χ1n) is 6.79. The number of aliphatic hydroxyl groups excluding tert-OH is 1. The molecule has 2 aromatic carbocycles. The van der Waals surface area contributed by atoms with Crippen molar-refractivity contribution in [3.63, 3.8) is 0 Å². The number of hydrogen-bond acceptors (Lipinski definition) is 3. The molecule has 1 saturated heterocycles. The predicted octanol–water partition coefficient (Wildman–Crippen LogP) is 2.50. The van der Waals surface area contributed by atoms with Crippen molar-refractivity contribution in [2.75, 3.05) is 37.6 Å². The summed E-state index contributed by atoms with van der Waals surface area (Å²) in [5.41, 5.74) is 1.32. The molecule has 1 fully saturated rings. The molecule has 0 unspecified atom stereocenters. The number of hydrogen-bond donors (Lipinski definition) is 1. The number of nitrogens with zero attached hydrogens (tertiary/aromatic N) is 2. The molecule has 1 heterocycles. The first-order valence-corrected chi connectivity index (χ1v) is 6.79. The van der Waals surface area contributed by atoms with Gasteiger partial charge in [0.25, 0.3) is 0 Å². The van der Waals surface area contributed by atoms with Crippen LogP contribution in [0.15, 0.2) is 42.5 Å². The van der Waals surface area contributed by atoms with Crippen LogP contribution in [0.4, 0.5) is 5.69 Å². The molecule has 0 saturated carbocycles. The van der Waals surface area contributed by atoms with E-state index in [0.717, 1.165) is 26.2 Å². The topological polar surface area (TPSA) is 26.7 Å². The van der Waals surface area contributed by atoms with E-state index in [2.05, 4.69) is 52.3 Å². The van der Waals surface area contributed by atoms with E-state index in [1.54, 1.807) is 0 Å². The van der Waals surface area contributed by atoms with Crippen molar-refractivity contribution in [1.29, 1.82) is 0 Å². The van der Waals surface area contributed by atoms with Gasteiger partial charge in [-0.1, -0.05) is 36.4 Å². The monoisotopic (exact) mass is 255 g/mol. The summed E-state index contributed by atoms with van der Waals surface area (Å²) in [4.78, 5) is 4.71. The fraction of sp³-hybridized carbons (Fsp3) is 0.312. The Labute approximate surface area is 114 Å². The van der Waals surface area contributed by atoms with Crippen LogP contribution in [0.5, 0.6) is 0 Å². The van der Waals surface area contributed by atoms with Gasteiger partial charge < -0.3 is 10.0 Å². The molecule has 3 heteroatoms. The Balaban J connectivity index is 1.82. The smallest absolute Gasteiger partial charge is 0.0938 e. The fourth-order valence-corrected chi connectivity index (χ4v) is 2.77. The summed E-state index contributed by atoms with van der Waals surface area (Å²) in [5, 5.41) is 11.5. The van der Waals surface area contributed by atoms with Crippen LogP contribution in [0, 0.1) is 6.61 Å². The molecule has 0 aromatic heterocycles. The molecule has 0 spiro atoms. The van der Waals surface area contributed by atoms with Gasteiger partial charge in [-0.15, -0.1) is 0 Å². The van der Waals surface area contributed by atoms with Crippen molar-refractivity contribution in [2.24, 2.45) is 0 Å². The largest absolute Gasteiger partial charge is 0.389 e. The molecule has 0 bridgehead atoms. The Morgan fingerprint density at radius 1 is 0.947 bits per heavy atom. The first kappa shape index (κ1) is 12.5. The summed E-state index contributed by atoms with van der Waals surface area (Å²) in [6.45, 7) is 5.95. The standard InChI is InChI=1S/C16H19N2O/c19-13-12-17-8-10-18(11-9-17)16-7-3-5-14-4-1-2-6-15(14)16/h1-7,13,19H,8-12H2. The highest BCUT2D eigenvalue weighted by molar-refractivity contribution is 5.94. The van der Waals surface area contributed by atoms with Crippen LogP contribution in [0.2, 0.25) is 0 Å². The maximum absolute atomic E-state index is 8.86. The van der Waals surface area contributed by atoms with Crippen LogP contribution < -0.4 is 4.90 Å². The Hall–Kier alpha value is -1.58. The minimum atomic E-state index is 0.670. The fourth-order valence-electron chi connectivity index (χ4n) is 2.77. The first-order chi connectivity index (χ1) is 9.38. The van der Waals surface area contributed by atoms with Gasteiger partial charge >= 0.3 is 0 Å². The number of piperazine rings is 1. The number of aliphatic hydroxyl groups is 1. The molecule has 1 aliphatic heterocycles. The maximum Gasteiger partial charge on any atom is 0.0938 e. The molecule has 0 amide bonds. The highest BCUT2D eigenvalue weighted by Crippen LogP contribution is 2.27. The Morgan fingerprint density at radius 2 is 1.68 bits per heavy atom. The lowest BCUT2D eigenvalue weighted by molar-refractivity contribution is 0.231. The molecular formula is C16H19N2O. The Bertz CT molecular complexity index is 542. The minimum Gasteiger partial charge on any atom is -0.389 e. The van der Waals surface area contributed by atoms with E-state index >= 15 is 0 Å². The Kier molecular flexibility index (Phi) is 3.67. The lowest BCUT2D eigenvalue weighted by Crippen LogP contribution is -2.46. The van der Waals surface area contributed by atoms with Gasteiger partial charge in [0.2, 0.25) is 0 Å². The zero-order valence-electron chi connectivity index (χ0n) is 11.0. The van der Waals surface area contributed by atoms with Gasteiger partial charge in [0.1, 0.15) is 0 Å². The third-order valence-electron chi connectivity index (χ3n) is 3.82. The van der Waals surface area contributed by atoms with Crippen molar-refractivity contribution in [3.8, 4) is 0 Å². The summed E-state index contributed by atoms with van der Waals surface area (Å²) < 4.78 is 0. The summed E-state index contributed by atoms with van der Waals surface area (Å²) in [7, 11) is 0. The normalized spacial score (nSPS) is 17.0. The third-order valence-corrected chi connectivity index (χ3v) is 3.82. The lowest BCUT2D eigenvalue weighted by Gasteiger charge is -2.36. The second-order valence-electron chi connectivity index (χ2n) is 4.97. The molecular weight excluding hydrogens is 236 g/mol. The molecule has 2 aromatic rings. The van der Waals surface area contributed by atoms with E-state index < -0.39 is 0 Å². The predicted molar refractivity (Wildman–Crippen MR) is 78.8 cm³/mol. The lowest BCUT2D eigenvalue weighted by atomic mass is 10.1. The molecule has 3 rings (SSSR count). The van der Waals surface area contributed by atoms with E-state index in [1.807, 2.05) is 0 Å². The molecule has 0 aliphatic carbocycles. The van der Waals surface area contributed by atoms with E-state index in [0.29, 0.717) is 6.54 Å². The zero-order chi connectivity index (χ0) is 13.1. The number of benzene rings is 2. The van der Waals surface area contributed by atoms with Crippen molar-refractivity contribution in [2.45, 2.75) is 0 Å². The molecule has 0 atom stereocenters. The maximum atomic E-state index is 8.86. The quantitative estimate of drug-likeness (QED) is 0.913. The average molecular weight is 255 g/mol. The van der Waals surface area contributed by atoms with E-state index in [9.17, 15) is 0 Å². The minimum absolute atomic E-state index is 0.670. The summed E-state index contributed by atoms with van der Waals surface area (Å²) in [6.07, 6.45) is 0.